The van der Waals surface area contributed by atoms with E-state index in [4.69, 9.17) is 5.73 Å². The molecule has 4 aromatic rings. The molecule has 128 valence electrons. The zero-order valence-corrected chi connectivity index (χ0v) is 14.7. The quantitative estimate of drug-likeness (QED) is 0.402. The molecular formula is C22H19N3O. The lowest BCUT2D eigenvalue weighted by Crippen LogP contribution is -2.07. The van der Waals surface area contributed by atoms with Gasteiger partial charge < -0.3 is 11.1 Å². The van der Waals surface area contributed by atoms with Gasteiger partial charge in [-0.2, -0.15) is 0 Å². The van der Waals surface area contributed by atoms with Gasteiger partial charge in [0, 0.05) is 29.6 Å². The maximum Gasteiger partial charge on any atom is 0.221 e. The van der Waals surface area contributed by atoms with E-state index in [0.717, 1.165) is 44.1 Å². The molecule has 4 nitrogen and oxygen atoms in total. The van der Waals surface area contributed by atoms with Crippen LogP contribution in [0, 0.1) is 6.92 Å². The molecule has 0 radical (unpaired) electrons. The smallest absolute Gasteiger partial charge is 0.221 e. The van der Waals surface area contributed by atoms with E-state index in [9.17, 15) is 4.79 Å². The molecule has 0 saturated heterocycles. The van der Waals surface area contributed by atoms with Gasteiger partial charge in [-0.15, -0.1) is 0 Å². The molecule has 0 spiro atoms. The monoisotopic (exact) mass is 341 g/mol. The summed E-state index contributed by atoms with van der Waals surface area (Å²) in [5.41, 5.74) is 11.7. The van der Waals surface area contributed by atoms with Gasteiger partial charge in [0.05, 0.1) is 11.2 Å². The van der Waals surface area contributed by atoms with E-state index in [0.29, 0.717) is 5.69 Å². The number of amides is 1. The molecule has 0 unspecified atom stereocenters. The fourth-order valence-electron chi connectivity index (χ4n) is 3.49. The predicted molar refractivity (Wildman–Crippen MR) is 108 cm³/mol. The van der Waals surface area contributed by atoms with Crippen LogP contribution in [-0.4, -0.2) is 10.9 Å². The molecule has 0 aliphatic carbocycles. The average Bonchev–Trinajstić information content (AvgIpc) is 2.63. The molecule has 1 heterocycles. The first-order valence-electron chi connectivity index (χ1n) is 8.49. The summed E-state index contributed by atoms with van der Waals surface area (Å²) < 4.78 is 0. The number of hydrogen-bond acceptors (Lipinski definition) is 3. The Hall–Kier alpha value is -3.40. The van der Waals surface area contributed by atoms with Crippen molar-refractivity contribution in [2.24, 2.45) is 0 Å². The number of nitrogens with two attached hydrogens (primary N) is 1. The number of aromatic nitrogens is 1. The van der Waals surface area contributed by atoms with E-state index in [2.05, 4.69) is 29.4 Å². The second-order valence-corrected chi connectivity index (χ2v) is 6.47. The molecule has 1 amide bonds. The normalized spacial score (nSPS) is 11.0. The van der Waals surface area contributed by atoms with Crippen molar-refractivity contribution >= 4 is 39.0 Å². The lowest BCUT2D eigenvalue weighted by Gasteiger charge is -2.16. The number of carbonyl (C=O) groups is 1. The van der Waals surface area contributed by atoms with Crippen LogP contribution in [-0.2, 0) is 4.79 Å². The van der Waals surface area contributed by atoms with Crippen molar-refractivity contribution in [3.8, 4) is 11.1 Å². The van der Waals surface area contributed by atoms with Crippen LogP contribution in [0.15, 0.2) is 60.8 Å². The Labute approximate surface area is 151 Å². The zero-order valence-electron chi connectivity index (χ0n) is 14.7. The number of nitrogens with one attached hydrogen (secondary N) is 1. The highest BCUT2D eigenvalue weighted by Crippen LogP contribution is 2.38. The van der Waals surface area contributed by atoms with Crippen molar-refractivity contribution in [3.63, 3.8) is 0 Å². The first kappa shape index (κ1) is 16.1. The summed E-state index contributed by atoms with van der Waals surface area (Å²) in [6.07, 6.45) is 1.82. The third kappa shape index (κ3) is 2.65. The van der Waals surface area contributed by atoms with Gasteiger partial charge in [-0.05, 0) is 53.3 Å². The van der Waals surface area contributed by atoms with E-state index in [1.54, 1.807) is 0 Å². The minimum absolute atomic E-state index is 0.109. The lowest BCUT2D eigenvalue weighted by atomic mass is 9.92. The van der Waals surface area contributed by atoms with Crippen LogP contribution >= 0.6 is 0 Å². The van der Waals surface area contributed by atoms with Gasteiger partial charge in [-0.3, -0.25) is 9.78 Å². The summed E-state index contributed by atoms with van der Waals surface area (Å²) in [4.78, 5) is 16.3. The third-order valence-corrected chi connectivity index (χ3v) is 4.65. The standard InChI is InChI=1S/C22H19N3O/c1-13-17(15-6-4-3-5-7-15)11-21(25-14(2)26)19-12-24-20-9-8-16(23)10-18(20)22(13)19/h3-12H,23H2,1-2H3,(H,25,26). The first-order chi connectivity index (χ1) is 12.5. The largest absolute Gasteiger partial charge is 0.399 e. The Morgan fingerprint density at radius 2 is 1.81 bits per heavy atom. The minimum Gasteiger partial charge on any atom is -0.399 e. The third-order valence-electron chi connectivity index (χ3n) is 4.65. The first-order valence-corrected chi connectivity index (χ1v) is 8.49. The van der Waals surface area contributed by atoms with Gasteiger partial charge in [0.25, 0.3) is 0 Å². The van der Waals surface area contributed by atoms with Gasteiger partial charge in [0.1, 0.15) is 0 Å². The van der Waals surface area contributed by atoms with E-state index in [1.807, 2.05) is 48.7 Å². The highest BCUT2D eigenvalue weighted by atomic mass is 16.1. The summed E-state index contributed by atoms with van der Waals surface area (Å²) in [5.74, 6) is -0.109. The van der Waals surface area contributed by atoms with Crippen LogP contribution < -0.4 is 11.1 Å². The molecule has 0 bridgehead atoms. The number of benzene rings is 3. The van der Waals surface area contributed by atoms with Gasteiger partial charge in [-0.1, -0.05) is 30.3 Å². The summed E-state index contributed by atoms with van der Waals surface area (Å²) in [6.45, 7) is 3.62. The van der Waals surface area contributed by atoms with Gasteiger partial charge in [-0.25, -0.2) is 0 Å². The van der Waals surface area contributed by atoms with Crippen molar-refractivity contribution in [1.82, 2.24) is 4.98 Å². The number of pyridine rings is 1. The topological polar surface area (TPSA) is 68.0 Å². The number of anilines is 2. The highest BCUT2D eigenvalue weighted by molar-refractivity contribution is 6.15. The van der Waals surface area contributed by atoms with E-state index in [1.165, 1.54) is 6.92 Å². The summed E-state index contributed by atoms with van der Waals surface area (Å²) in [6, 6.07) is 17.9. The number of aryl methyl sites for hydroxylation is 1. The van der Waals surface area contributed by atoms with Crippen molar-refractivity contribution in [1.29, 1.82) is 0 Å². The summed E-state index contributed by atoms with van der Waals surface area (Å²) in [7, 11) is 0. The van der Waals surface area contributed by atoms with Crippen LogP contribution in [0.25, 0.3) is 32.8 Å². The van der Waals surface area contributed by atoms with Gasteiger partial charge >= 0.3 is 0 Å². The molecule has 3 aromatic carbocycles. The SMILES string of the molecule is CC(=O)Nc1cc(-c2ccccc2)c(C)c2c1cnc1ccc(N)cc12. The van der Waals surface area contributed by atoms with Crippen LogP contribution in [0.3, 0.4) is 0 Å². The summed E-state index contributed by atoms with van der Waals surface area (Å²) in [5, 5.41) is 5.92. The Balaban J connectivity index is 2.16. The van der Waals surface area contributed by atoms with Crippen LogP contribution in [0.1, 0.15) is 12.5 Å². The number of fused-ring (bicyclic) bond motifs is 3. The predicted octanol–water partition coefficient (Wildman–Crippen LogP) is 4.90. The second kappa shape index (κ2) is 6.15. The van der Waals surface area contributed by atoms with Crippen LogP contribution in [0.2, 0.25) is 0 Å². The van der Waals surface area contributed by atoms with E-state index in [-0.39, 0.29) is 5.91 Å². The molecule has 3 N–H and O–H groups in total. The molecule has 4 heteroatoms. The van der Waals surface area contributed by atoms with Crippen molar-refractivity contribution in [3.05, 3.63) is 66.4 Å². The molecule has 1 aromatic heterocycles. The zero-order chi connectivity index (χ0) is 18.3. The van der Waals surface area contributed by atoms with E-state index >= 15 is 0 Å². The number of hydrogen-bond donors (Lipinski definition) is 2. The van der Waals surface area contributed by atoms with Crippen LogP contribution in [0.4, 0.5) is 11.4 Å². The van der Waals surface area contributed by atoms with E-state index < -0.39 is 0 Å². The molecule has 4 rings (SSSR count). The van der Waals surface area contributed by atoms with Crippen LogP contribution in [0.5, 0.6) is 0 Å². The molecule has 0 aliphatic heterocycles. The number of nitrogen functional groups attached to an aromatic ring is 1. The molecular weight excluding hydrogens is 322 g/mol. The molecule has 0 fully saturated rings. The fourth-order valence-corrected chi connectivity index (χ4v) is 3.49. The van der Waals surface area contributed by atoms with Gasteiger partial charge in [0.15, 0.2) is 0 Å². The Morgan fingerprint density at radius 1 is 1.04 bits per heavy atom. The van der Waals surface area contributed by atoms with Crippen molar-refractivity contribution < 1.29 is 4.79 Å². The van der Waals surface area contributed by atoms with Gasteiger partial charge in [0.2, 0.25) is 5.91 Å². The average molecular weight is 341 g/mol. The number of nitrogens with zero attached hydrogens (tertiary/aromatic N) is 1. The second-order valence-electron chi connectivity index (χ2n) is 6.47. The molecule has 26 heavy (non-hydrogen) atoms. The molecule has 0 atom stereocenters. The maximum atomic E-state index is 11.8. The van der Waals surface area contributed by atoms with Crippen molar-refractivity contribution in [2.75, 3.05) is 11.1 Å². The minimum atomic E-state index is -0.109. The Bertz CT molecular complexity index is 1150. The molecule has 0 aliphatic rings. The maximum absolute atomic E-state index is 11.8. The lowest BCUT2D eigenvalue weighted by molar-refractivity contribution is -0.114. The fraction of sp³-hybridized carbons (Fsp3) is 0.0909. The Kier molecular flexibility index (Phi) is 3.81. The number of rotatable bonds is 2. The van der Waals surface area contributed by atoms with Crippen molar-refractivity contribution in [2.45, 2.75) is 13.8 Å². The number of carbonyl (C=O) groups excluding carboxylic acids is 1. The summed E-state index contributed by atoms with van der Waals surface area (Å²) >= 11 is 0. The molecule has 0 saturated carbocycles. The Morgan fingerprint density at radius 3 is 2.54 bits per heavy atom. The highest BCUT2D eigenvalue weighted by Gasteiger charge is 2.15.